The Labute approximate surface area is 90.7 Å². The monoisotopic (exact) mass is 228 g/mol. The van der Waals surface area contributed by atoms with Crippen LogP contribution in [-0.4, -0.2) is 10.1 Å². The van der Waals surface area contributed by atoms with E-state index in [1.165, 1.54) is 4.88 Å². The van der Waals surface area contributed by atoms with Crippen LogP contribution in [0.15, 0.2) is 16.7 Å². The number of aromatic nitrogens is 2. The van der Waals surface area contributed by atoms with E-state index in [0.717, 1.165) is 11.3 Å². The Morgan fingerprint density at radius 1 is 1.50 bits per heavy atom. The molecule has 0 amide bonds. The number of hydrogen-bond acceptors (Lipinski definition) is 4. The number of thiophene rings is 1. The molecule has 0 aliphatic heterocycles. The van der Waals surface area contributed by atoms with Crippen LogP contribution < -0.4 is 0 Å². The highest BCUT2D eigenvalue weighted by atomic mass is 35.5. The zero-order chi connectivity index (χ0) is 9.97. The summed E-state index contributed by atoms with van der Waals surface area (Å²) < 4.78 is 5.06. The summed E-state index contributed by atoms with van der Waals surface area (Å²) in [5.74, 6) is 1.38. The number of nitrogens with zero attached hydrogens (tertiary/aromatic N) is 2. The van der Waals surface area contributed by atoms with Crippen molar-refractivity contribution >= 4 is 22.9 Å². The van der Waals surface area contributed by atoms with Gasteiger partial charge in [0.25, 0.3) is 5.89 Å². The number of alkyl halides is 1. The summed E-state index contributed by atoms with van der Waals surface area (Å²) in [6.45, 7) is 2.12. The zero-order valence-electron chi connectivity index (χ0n) is 7.66. The lowest BCUT2D eigenvalue weighted by molar-refractivity contribution is 0.426. The second-order valence-corrected chi connectivity index (χ2v) is 4.20. The molecule has 14 heavy (non-hydrogen) atoms. The molecule has 0 atom stereocenters. The lowest BCUT2D eigenvalue weighted by Crippen LogP contribution is -1.78. The van der Waals surface area contributed by atoms with Crippen molar-refractivity contribution in [3.63, 3.8) is 0 Å². The van der Waals surface area contributed by atoms with E-state index in [4.69, 9.17) is 16.1 Å². The summed E-state index contributed by atoms with van der Waals surface area (Å²) in [4.78, 5) is 6.46. The first kappa shape index (κ1) is 9.68. The summed E-state index contributed by atoms with van der Waals surface area (Å²) in [5, 5.41) is 3.73. The molecule has 0 N–H and O–H groups in total. The molecule has 0 bridgehead atoms. The van der Waals surface area contributed by atoms with Gasteiger partial charge in [-0.1, -0.05) is 12.1 Å². The van der Waals surface area contributed by atoms with Crippen LogP contribution in [0.3, 0.4) is 0 Å². The molecule has 0 aliphatic carbocycles. The maximum absolute atomic E-state index is 5.58. The number of rotatable bonds is 3. The fourth-order valence-corrected chi connectivity index (χ4v) is 2.07. The van der Waals surface area contributed by atoms with Gasteiger partial charge < -0.3 is 4.52 Å². The third-order valence-electron chi connectivity index (χ3n) is 1.81. The van der Waals surface area contributed by atoms with Gasteiger partial charge in [0, 0.05) is 4.88 Å². The third-order valence-corrected chi connectivity index (χ3v) is 3.27. The normalized spacial score (nSPS) is 10.7. The molecule has 2 heterocycles. The summed E-state index contributed by atoms with van der Waals surface area (Å²) >= 11 is 7.25. The lowest BCUT2D eigenvalue weighted by Gasteiger charge is -1.84. The van der Waals surface area contributed by atoms with Crippen LogP contribution in [0, 0.1) is 0 Å². The minimum Gasteiger partial charge on any atom is -0.333 e. The molecular weight excluding hydrogens is 220 g/mol. The summed E-state index contributed by atoms with van der Waals surface area (Å²) in [6.07, 6.45) is 1.03. The minimum atomic E-state index is 0.287. The van der Waals surface area contributed by atoms with Crippen molar-refractivity contribution in [3.8, 4) is 10.8 Å². The van der Waals surface area contributed by atoms with E-state index in [1.54, 1.807) is 11.3 Å². The van der Waals surface area contributed by atoms with Gasteiger partial charge in [0.15, 0.2) is 5.82 Å². The highest BCUT2D eigenvalue weighted by Gasteiger charge is 2.09. The molecule has 0 aliphatic rings. The molecule has 0 saturated heterocycles. The second kappa shape index (κ2) is 4.11. The van der Waals surface area contributed by atoms with Gasteiger partial charge in [-0.25, -0.2) is 0 Å². The van der Waals surface area contributed by atoms with Crippen LogP contribution in [0.4, 0.5) is 0 Å². The number of halogens is 1. The van der Waals surface area contributed by atoms with E-state index in [9.17, 15) is 0 Å². The van der Waals surface area contributed by atoms with E-state index < -0.39 is 0 Å². The van der Waals surface area contributed by atoms with E-state index in [1.807, 2.05) is 6.07 Å². The van der Waals surface area contributed by atoms with E-state index in [-0.39, 0.29) is 5.88 Å². The Morgan fingerprint density at radius 3 is 2.93 bits per heavy atom. The first-order valence-corrected chi connectivity index (χ1v) is 5.66. The van der Waals surface area contributed by atoms with E-state index in [2.05, 4.69) is 23.1 Å². The minimum absolute atomic E-state index is 0.287. The Hall–Kier alpha value is -0.870. The zero-order valence-corrected chi connectivity index (χ0v) is 9.23. The Morgan fingerprint density at radius 2 is 2.36 bits per heavy atom. The van der Waals surface area contributed by atoms with Gasteiger partial charge in [-0.2, -0.15) is 4.98 Å². The molecule has 0 radical (unpaired) electrons. The molecule has 3 nitrogen and oxygen atoms in total. The van der Waals surface area contributed by atoms with Crippen LogP contribution in [0.2, 0.25) is 0 Å². The van der Waals surface area contributed by atoms with Crippen LogP contribution in [0.5, 0.6) is 0 Å². The third kappa shape index (κ3) is 1.81. The molecular formula is C9H9ClN2OS. The van der Waals surface area contributed by atoms with E-state index in [0.29, 0.717) is 11.7 Å². The first-order chi connectivity index (χ1) is 6.83. The van der Waals surface area contributed by atoms with Gasteiger partial charge >= 0.3 is 0 Å². The molecule has 0 aromatic carbocycles. The van der Waals surface area contributed by atoms with Gasteiger partial charge in [-0.15, -0.1) is 22.9 Å². The topological polar surface area (TPSA) is 38.9 Å². The number of hydrogen-bond donors (Lipinski definition) is 0. The van der Waals surface area contributed by atoms with Gasteiger partial charge in [0.1, 0.15) is 0 Å². The molecule has 74 valence electrons. The summed E-state index contributed by atoms with van der Waals surface area (Å²) in [7, 11) is 0. The van der Waals surface area contributed by atoms with Gasteiger partial charge in [-0.3, -0.25) is 0 Å². The standard InChI is InChI=1S/C9H9ClN2OS/c1-2-6-3-4-7(14-6)9-11-8(5-10)12-13-9/h3-4H,2,5H2,1H3. The summed E-state index contributed by atoms with van der Waals surface area (Å²) in [5.41, 5.74) is 0. The lowest BCUT2D eigenvalue weighted by atomic mass is 10.4. The fraction of sp³-hybridized carbons (Fsp3) is 0.333. The molecule has 0 saturated carbocycles. The largest absolute Gasteiger partial charge is 0.333 e. The molecule has 2 aromatic rings. The first-order valence-electron chi connectivity index (χ1n) is 4.31. The van der Waals surface area contributed by atoms with Gasteiger partial charge in [-0.05, 0) is 18.6 Å². The highest BCUT2D eigenvalue weighted by Crippen LogP contribution is 2.26. The molecule has 0 spiro atoms. The Balaban J connectivity index is 2.29. The van der Waals surface area contributed by atoms with Crippen molar-refractivity contribution in [1.29, 1.82) is 0 Å². The van der Waals surface area contributed by atoms with Crippen molar-refractivity contribution < 1.29 is 4.52 Å². The smallest absolute Gasteiger partial charge is 0.268 e. The summed E-state index contributed by atoms with van der Waals surface area (Å²) in [6, 6.07) is 4.07. The molecule has 0 unspecified atom stereocenters. The second-order valence-electron chi connectivity index (χ2n) is 2.77. The average molecular weight is 229 g/mol. The highest BCUT2D eigenvalue weighted by molar-refractivity contribution is 7.15. The Bertz CT molecular complexity index is 384. The average Bonchev–Trinajstić information content (AvgIpc) is 2.86. The predicted octanol–water partition coefficient (Wildman–Crippen LogP) is 3.10. The van der Waals surface area contributed by atoms with Gasteiger partial charge in [0.2, 0.25) is 0 Å². The quantitative estimate of drug-likeness (QED) is 0.758. The van der Waals surface area contributed by atoms with Crippen molar-refractivity contribution in [2.24, 2.45) is 0 Å². The maximum atomic E-state index is 5.58. The van der Waals surface area contributed by atoms with Crippen molar-refractivity contribution in [3.05, 3.63) is 22.8 Å². The van der Waals surface area contributed by atoms with Crippen LogP contribution >= 0.6 is 22.9 Å². The maximum Gasteiger partial charge on any atom is 0.268 e. The van der Waals surface area contributed by atoms with Gasteiger partial charge in [0.05, 0.1) is 10.8 Å². The van der Waals surface area contributed by atoms with Crippen molar-refractivity contribution in [1.82, 2.24) is 10.1 Å². The van der Waals surface area contributed by atoms with Crippen LogP contribution in [0.25, 0.3) is 10.8 Å². The molecule has 2 aromatic heterocycles. The van der Waals surface area contributed by atoms with Crippen molar-refractivity contribution in [2.75, 3.05) is 0 Å². The van der Waals surface area contributed by atoms with E-state index >= 15 is 0 Å². The van der Waals surface area contributed by atoms with Crippen LogP contribution in [0.1, 0.15) is 17.6 Å². The van der Waals surface area contributed by atoms with Crippen LogP contribution in [-0.2, 0) is 12.3 Å². The molecule has 0 fully saturated rings. The number of aryl methyl sites for hydroxylation is 1. The predicted molar refractivity (Wildman–Crippen MR) is 56.5 cm³/mol. The SMILES string of the molecule is CCc1ccc(-c2nc(CCl)no2)s1. The fourth-order valence-electron chi connectivity index (χ4n) is 1.09. The Kier molecular flexibility index (Phi) is 2.84. The molecule has 2 rings (SSSR count). The molecule has 5 heteroatoms. The van der Waals surface area contributed by atoms with Crippen molar-refractivity contribution in [2.45, 2.75) is 19.2 Å².